The second-order valence-corrected chi connectivity index (χ2v) is 5.45. The molecule has 4 nitrogen and oxygen atoms in total. The molecule has 1 saturated carbocycles. The van der Waals surface area contributed by atoms with Crippen LogP contribution in [0, 0.1) is 0 Å². The Kier molecular flexibility index (Phi) is 8.72. The SMILES string of the molecule is O=S([O-])C(F)(F)C(F)(F)CCOC1CCCCC1O.[Na+]. The molecular weight excluding hydrogens is 315 g/mol. The standard InChI is InChI=1S/C10H16F4O4S.Na/c11-9(12,10(13,14)19(16)17)5-6-18-8-4-2-1-3-7(8)15;/h7-8,15H,1-6H2,(H,16,17);/q;+1/p-1. The topological polar surface area (TPSA) is 69.6 Å². The number of hydrogen-bond acceptors (Lipinski definition) is 4. The summed E-state index contributed by atoms with van der Waals surface area (Å²) in [6, 6.07) is 0. The predicted molar refractivity (Wildman–Crippen MR) is 57.6 cm³/mol. The van der Waals surface area contributed by atoms with Gasteiger partial charge in [-0.15, -0.1) is 0 Å². The predicted octanol–water partition coefficient (Wildman–Crippen LogP) is -1.19. The Labute approximate surface area is 138 Å². The zero-order valence-electron chi connectivity index (χ0n) is 11.0. The van der Waals surface area contributed by atoms with E-state index in [9.17, 15) is 31.4 Å². The normalized spacial score (nSPS) is 25.9. The summed E-state index contributed by atoms with van der Waals surface area (Å²) in [5.41, 5.74) is 0. The molecule has 0 aliphatic heterocycles. The van der Waals surface area contributed by atoms with Gasteiger partial charge in [0.1, 0.15) is 0 Å². The van der Waals surface area contributed by atoms with Crippen molar-refractivity contribution in [2.45, 2.75) is 55.5 Å². The van der Waals surface area contributed by atoms with Crippen molar-refractivity contribution in [1.29, 1.82) is 0 Å². The number of halogens is 4. The Morgan fingerprint density at radius 2 is 1.80 bits per heavy atom. The second kappa shape index (κ2) is 8.40. The molecule has 114 valence electrons. The van der Waals surface area contributed by atoms with Crippen molar-refractivity contribution in [2.24, 2.45) is 0 Å². The van der Waals surface area contributed by atoms with Gasteiger partial charge in [-0.05, 0) is 12.8 Å². The van der Waals surface area contributed by atoms with Crippen molar-refractivity contribution in [3.8, 4) is 0 Å². The molecule has 0 amide bonds. The van der Waals surface area contributed by atoms with Crippen molar-refractivity contribution in [3.05, 3.63) is 0 Å². The molecule has 0 aromatic rings. The van der Waals surface area contributed by atoms with E-state index < -0.39 is 47.5 Å². The average molecular weight is 330 g/mol. The third-order valence-corrected chi connectivity index (χ3v) is 3.77. The maximum absolute atomic E-state index is 13.0. The minimum absolute atomic E-state index is 0. The molecule has 0 bridgehead atoms. The number of hydrogen-bond donors (Lipinski definition) is 1. The van der Waals surface area contributed by atoms with Crippen LogP contribution in [0.25, 0.3) is 0 Å². The average Bonchev–Trinajstić information content (AvgIpc) is 2.31. The molecule has 1 rings (SSSR count). The van der Waals surface area contributed by atoms with Crippen LogP contribution >= 0.6 is 0 Å². The molecule has 0 radical (unpaired) electrons. The number of alkyl halides is 4. The van der Waals surface area contributed by atoms with E-state index >= 15 is 0 Å². The van der Waals surface area contributed by atoms with Gasteiger partial charge in [-0.1, -0.05) is 12.8 Å². The van der Waals surface area contributed by atoms with Gasteiger partial charge in [0.25, 0.3) is 0 Å². The number of aliphatic hydroxyl groups is 1. The van der Waals surface area contributed by atoms with Gasteiger partial charge in [-0.3, -0.25) is 4.21 Å². The van der Waals surface area contributed by atoms with Crippen molar-refractivity contribution in [2.75, 3.05) is 6.61 Å². The summed E-state index contributed by atoms with van der Waals surface area (Å²) in [7, 11) is 0. The summed E-state index contributed by atoms with van der Waals surface area (Å²) in [6.45, 7) is -0.735. The van der Waals surface area contributed by atoms with Gasteiger partial charge in [0.05, 0.1) is 18.8 Å². The minimum atomic E-state index is -5.12. The quantitative estimate of drug-likeness (QED) is 0.378. The van der Waals surface area contributed by atoms with Crippen LogP contribution in [-0.4, -0.2) is 43.9 Å². The molecule has 0 aromatic heterocycles. The Morgan fingerprint density at radius 3 is 2.30 bits per heavy atom. The molecule has 0 heterocycles. The van der Waals surface area contributed by atoms with Gasteiger partial charge in [-0.25, -0.2) is 0 Å². The molecular formula is C10H15F4NaO4S. The Hall–Kier alpha value is 0.750. The Balaban J connectivity index is 0.00000361. The van der Waals surface area contributed by atoms with E-state index in [1.54, 1.807) is 0 Å². The smallest absolute Gasteiger partial charge is 0.768 e. The largest absolute Gasteiger partial charge is 1.00 e. The van der Waals surface area contributed by atoms with E-state index in [0.717, 1.165) is 12.8 Å². The van der Waals surface area contributed by atoms with E-state index in [2.05, 4.69) is 0 Å². The molecule has 1 N–H and O–H groups in total. The number of rotatable bonds is 6. The molecule has 1 aliphatic carbocycles. The van der Waals surface area contributed by atoms with Crippen LogP contribution in [0.4, 0.5) is 17.6 Å². The first-order chi connectivity index (χ1) is 8.68. The summed E-state index contributed by atoms with van der Waals surface area (Å²) >= 11 is -4.20. The summed E-state index contributed by atoms with van der Waals surface area (Å²) in [5.74, 6) is -4.70. The molecule has 0 spiro atoms. The van der Waals surface area contributed by atoms with Crippen LogP contribution in [-0.2, 0) is 15.8 Å². The first kappa shape index (κ1) is 20.8. The summed E-state index contributed by atoms with van der Waals surface area (Å²) in [5, 5.41) is 4.36. The fraction of sp³-hybridized carbons (Fsp3) is 1.00. The van der Waals surface area contributed by atoms with Gasteiger partial charge in [0, 0.05) is 17.5 Å². The van der Waals surface area contributed by atoms with Crippen LogP contribution < -0.4 is 29.6 Å². The molecule has 0 aromatic carbocycles. The van der Waals surface area contributed by atoms with Gasteiger partial charge in [0.2, 0.25) is 0 Å². The Bertz CT molecular complexity index is 332. The summed E-state index contributed by atoms with van der Waals surface area (Å²) in [6.07, 6.45) is -0.369. The monoisotopic (exact) mass is 330 g/mol. The molecule has 0 saturated heterocycles. The van der Waals surface area contributed by atoms with E-state index in [0.29, 0.717) is 12.8 Å². The molecule has 3 atom stereocenters. The van der Waals surface area contributed by atoms with Crippen molar-refractivity contribution >= 4 is 11.1 Å². The number of aliphatic hydroxyl groups excluding tert-OH is 1. The first-order valence-electron chi connectivity index (χ1n) is 5.83. The first-order valence-corrected chi connectivity index (χ1v) is 6.90. The second-order valence-electron chi connectivity index (χ2n) is 4.47. The molecule has 3 unspecified atom stereocenters. The third-order valence-electron chi connectivity index (χ3n) is 3.05. The van der Waals surface area contributed by atoms with Gasteiger partial charge in [0.15, 0.2) is 0 Å². The molecule has 20 heavy (non-hydrogen) atoms. The maximum atomic E-state index is 13.0. The van der Waals surface area contributed by atoms with E-state index in [4.69, 9.17) is 4.74 Å². The van der Waals surface area contributed by atoms with Crippen LogP contribution in [0.1, 0.15) is 32.1 Å². The number of ether oxygens (including phenoxy) is 1. The van der Waals surface area contributed by atoms with Crippen LogP contribution in [0.2, 0.25) is 0 Å². The molecule has 10 heteroatoms. The zero-order chi connectivity index (χ0) is 14.7. The maximum Gasteiger partial charge on any atom is 1.00 e. The van der Waals surface area contributed by atoms with Gasteiger partial charge < -0.3 is 14.4 Å². The van der Waals surface area contributed by atoms with Crippen LogP contribution in [0.15, 0.2) is 0 Å². The summed E-state index contributed by atoms with van der Waals surface area (Å²) in [4.78, 5) is 0. The van der Waals surface area contributed by atoms with E-state index in [1.165, 1.54) is 0 Å². The third kappa shape index (κ3) is 5.19. The zero-order valence-corrected chi connectivity index (χ0v) is 13.8. The van der Waals surface area contributed by atoms with Crippen LogP contribution in [0.3, 0.4) is 0 Å². The van der Waals surface area contributed by atoms with E-state index in [1.807, 2.05) is 0 Å². The fourth-order valence-electron chi connectivity index (χ4n) is 1.88. The van der Waals surface area contributed by atoms with Crippen molar-refractivity contribution < 1.29 is 65.7 Å². The van der Waals surface area contributed by atoms with Gasteiger partial charge >= 0.3 is 40.7 Å². The van der Waals surface area contributed by atoms with E-state index in [-0.39, 0.29) is 29.6 Å². The molecule has 1 aliphatic rings. The van der Waals surface area contributed by atoms with Gasteiger partial charge in [-0.2, -0.15) is 17.6 Å². The van der Waals surface area contributed by atoms with Crippen molar-refractivity contribution in [3.63, 3.8) is 0 Å². The fourth-order valence-corrected chi connectivity index (χ4v) is 2.22. The van der Waals surface area contributed by atoms with Crippen LogP contribution in [0.5, 0.6) is 0 Å². The Morgan fingerprint density at radius 1 is 1.25 bits per heavy atom. The molecule has 1 fully saturated rings. The minimum Gasteiger partial charge on any atom is -0.768 e. The summed E-state index contributed by atoms with van der Waals surface area (Å²) < 4.78 is 76.5. The van der Waals surface area contributed by atoms with Crippen molar-refractivity contribution in [1.82, 2.24) is 0 Å².